The third-order valence-electron chi connectivity index (χ3n) is 3.29. The molecule has 0 saturated carbocycles. The van der Waals surface area contributed by atoms with Crippen LogP contribution in [0.1, 0.15) is 26.2 Å². The summed E-state index contributed by atoms with van der Waals surface area (Å²) in [5.74, 6) is 1.09. The van der Waals surface area contributed by atoms with Crippen LogP contribution in [0.15, 0.2) is 24.3 Å². The van der Waals surface area contributed by atoms with E-state index >= 15 is 0 Å². The topological polar surface area (TPSA) is 41.6 Å². The Bertz CT molecular complexity index is 420. The highest BCUT2D eigenvalue weighted by atomic mass is 16.5. The number of hydrogen-bond donors (Lipinski definition) is 1. The summed E-state index contributed by atoms with van der Waals surface area (Å²) in [6, 6.07) is 8.05. The van der Waals surface area contributed by atoms with Crippen LogP contribution in [0.5, 0.6) is 5.75 Å². The largest absolute Gasteiger partial charge is 0.490 e. The Morgan fingerprint density at radius 3 is 3.11 bits per heavy atom. The number of benzene rings is 1. The summed E-state index contributed by atoms with van der Waals surface area (Å²) in [5, 5.41) is 2.97. The Morgan fingerprint density at radius 1 is 1.42 bits per heavy atom. The summed E-state index contributed by atoms with van der Waals surface area (Å²) in [5.41, 5.74) is 1.12. The first kappa shape index (κ1) is 13.7. The molecule has 0 saturated heterocycles. The molecule has 1 aromatic rings. The smallest absolute Gasteiger partial charge is 0.220 e. The van der Waals surface area contributed by atoms with Crippen LogP contribution >= 0.6 is 0 Å². The van der Waals surface area contributed by atoms with Crippen molar-refractivity contribution in [2.24, 2.45) is 0 Å². The molecule has 4 heteroatoms. The van der Waals surface area contributed by atoms with Crippen molar-refractivity contribution in [1.82, 2.24) is 5.32 Å². The molecule has 0 aliphatic carbocycles. The summed E-state index contributed by atoms with van der Waals surface area (Å²) >= 11 is 0. The van der Waals surface area contributed by atoms with Crippen LogP contribution in [-0.4, -0.2) is 32.1 Å². The number of carbonyl (C=O) groups is 1. The number of unbranched alkanes of at least 4 members (excludes halogenated alkanes) is 1. The van der Waals surface area contributed by atoms with Crippen molar-refractivity contribution in [1.29, 1.82) is 0 Å². The average molecular weight is 262 g/mol. The highest BCUT2D eigenvalue weighted by Gasteiger charge is 2.16. The minimum absolute atomic E-state index is 0.156. The molecule has 0 bridgehead atoms. The van der Waals surface area contributed by atoms with E-state index in [0.29, 0.717) is 19.6 Å². The van der Waals surface area contributed by atoms with E-state index in [0.717, 1.165) is 37.4 Å². The summed E-state index contributed by atoms with van der Waals surface area (Å²) in [6.07, 6.45) is 2.66. The van der Waals surface area contributed by atoms with Gasteiger partial charge in [0, 0.05) is 19.5 Å². The van der Waals surface area contributed by atoms with Crippen molar-refractivity contribution in [3.63, 3.8) is 0 Å². The number of amides is 1. The lowest BCUT2D eigenvalue weighted by Crippen LogP contribution is -2.39. The van der Waals surface area contributed by atoms with Crippen LogP contribution < -0.4 is 15.0 Å². The van der Waals surface area contributed by atoms with Crippen molar-refractivity contribution in [2.75, 3.05) is 31.1 Å². The van der Waals surface area contributed by atoms with Gasteiger partial charge < -0.3 is 15.0 Å². The van der Waals surface area contributed by atoms with E-state index in [1.165, 1.54) is 0 Å². The molecule has 19 heavy (non-hydrogen) atoms. The molecule has 0 atom stereocenters. The van der Waals surface area contributed by atoms with E-state index in [1.807, 2.05) is 18.2 Å². The molecule has 104 valence electrons. The molecule has 0 aromatic heterocycles. The zero-order valence-electron chi connectivity index (χ0n) is 11.5. The molecule has 0 fully saturated rings. The number of rotatable bonds is 6. The normalized spacial score (nSPS) is 13.6. The molecular weight excluding hydrogens is 240 g/mol. The van der Waals surface area contributed by atoms with E-state index in [9.17, 15) is 4.79 Å². The number of anilines is 1. The van der Waals surface area contributed by atoms with Gasteiger partial charge in [0.05, 0.1) is 12.2 Å². The van der Waals surface area contributed by atoms with Crippen LogP contribution in [0.25, 0.3) is 0 Å². The Balaban J connectivity index is 1.80. The summed E-state index contributed by atoms with van der Waals surface area (Å²) in [6.45, 7) is 5.20. The van der Waals surface area contributed by atoms with Crippen LogP contribution in [-0.2, 0) is 4.79 Å². The maximum absolute atomic E-state index is 11.5. The Kier molecular flexibility index (Phi) is 5.07. The number of carbonyl (C=O) groups excluding carboxylic acids is 1. The number of para-hydroxylation sites is 2. The maximum Gasteiger partial charge on any atom is 0.220 e. The van der Waals surface area contributed by atoms with Gasteiger partial charge in [0.15, 0.2) is 0 Å². The zero-order valence-corrected chi connectivity index (χ0v) is 11.5. The lowest BCUT2D eigenvalue weighted by Gasteiger charge is -2.31. The molecule has 1 aromatic carbocycles. The minimum Gasteiger partial charge on any atom is -0.490 e. The number of hydrogen-bond acceptors (Lipinski definition) is 3. The van der Waals surface area contributed by atoms with E-state index in [1.54, 1.807) is 0 Å². The Morgan fingerprint density at radius 2 is 2.26 bits per heavy atom. The highest BCUT2D eigenvalue weighted by Crippen LogP contribution is 2.30. The lowest BCUT2D eigenvalue weighted by molar-refractivity contribution is -0.121. The number of nitrogens with one attached hydrogen (secondary N) is 1. The van der Waals surface area contributed by atoms with Crippen LogP contribution in [0, 0.1) is 0 Å². The third-order valence-corrected chi connectivity index (χ3v) is 3.29. The van der Waals surface area contributed by atoms with Gasteiger partial charge in [-0.3, -0.25) is 4.79 Å². The van der Waals surface area contributed by atoms with E-state index in [-0.39, 0.29) is 5.91 Å². The quantitative estimate of drug-likeness (QED) is 0.854. The number of ether oxygens (including phenoxy) is 1. The standard InChI is InChI=1S/C15H22N2O2/c1-2-3-8-15(18)16-9-10-17-11-12-19-14-7-5-4-6-13(14)17/h4-7H,2-3,8-12H2,1H3,(H,16,18). The summed E-state index contributed by atoms with van der Waals surface area (Å²) < 4.78 is 5.61. The minimum atomic E-state index is 0.156. The van der Waals surface area contributed by atoms with Gasteiger partial charge in [-0.05, 0) is 18.6 Å². The molecule has 0 spiro atoms. The fourth-order valence-corrected chi connectivity index (χ4v) is 2.21. The van der Waals surface area contributed by atoms with Crippen molar-refractivity contribution in [3.05, 3.63) is 24.3 Å². The maximum atomic E-state index is 11.5. The van der Waals surface area contributed by atoms with Gasteiger partial charge >= 0.3 is 0 Å². The number of nitrogens with zero attached hydrogens (tertiary/aromatic N) is 1. The van der Waals surface area contributed by atoms with E-state index < -0.39 is 0 Å². The monoisotopic (exact) mass is 262 g/mol. The predicted molar refractivity (Wildman–Crippen MR) is 76.7 cm³/mol. The molecule has 0 radical (unpaired) electrons. The molecule has 1 aliphatic heterocycles. The van der Waals surface area contributed by atoms with Crippen LogP contribution in [0.2, 0.25) is 0 Å². The molecule has 1 aliphatic rings. The first-order valence-corrected chi connectivity index (χ1v) is 7.04. The second kappa shape index (κ2) is 7.02. The lowest BCUT2D eigenvalue weighted by atomic mass is 10.2. The molecule has 2 rings (SSSR count). The van der Waals surface area contributed by atoms with Crippen molar-refractivity contribution in [3.8, 4) is 5.75 Å². The van der Waals surface area contributed by atoms with E-state index in [4.69, 9.17) is 4.74 Å². The van der Waals surface area contributed by atoms with Crippen molar-refractivity contribution in [2.45, 2.75) is 26.2 Å². The van der Waals surface area contributed by atoms with Gasteiger partial charge in [0.1, 0.15) is 12.4 Å². The van der Waals surface area contributed by atoms with Crippen molar-refractivity contribution >= 4 is 11.6 Å². The highest BCUT2D eigenvalue weighted by molar-refractivity contribution is 5.75. The molecule has 1 amide bonds. The molecule has 1 heterocycles. The van der Waals surface area contributed by atoms with Gasteiger partial charge in [-0.25, -0.2) is 0 Å². The second-order valence-electron chi connectivity index (χ2n) is 4.76. The zero-order chi connectivity index (χ0) is 13.5. The van der Waals surface area contributed by atoms with Crippen LogP contribution in [0.4, 0.5) is 5.69 Å². The van der Waals surface area contributed by atoms with Gasteiger partial charge in [0.25, 0.3) is 0 Å². The second-order valence-corrected chi connectivity index (χ2v) is 4.76. The molecule has 1 N–H and O–H groups in total. The van der Waals surface area contributed by atoms with Gasteiger partial charge in [-0.1, -0.05) is 25.5 Å². The SMILES string of the molecule is CCCCC(=O)NCCN1CCOc2ccccc21. The average Bonchev–Trinajstić information content (AvgIpc) is 2.45. The fourth-order valence-electron chi connectivity index (χ4n) is 2.21. The van der Waals surface area contributed by atoms with Gasteiger partial charge in [-0.15, -0.1) is 0 Å². The Hall–Kier alpha value is -1.71. The fraction of sp³-hybridized carbons (Fsp3) is 0.533. The van der Waals surface area contributed by atoms with Crippen molar-refractivity contribution < 1.29 is 9.53 Å². The predicted octanol–water partition coefficient (Wildman–Crippen LogP) is 2.19. The van der Waals surface area contributed by atoms with Gasteiger partial charge in [0.2, 0.25) is 5.91 Å². The Labute approximate surface area is 114 Å². The number of fused-ring (bicyclic) bond motifs is 1. The molecular formula is C15H22N2O2. The molecule has 0 unspecified atom stereocenters. The third kappa shape index (κ3) is 3.88. The first-order valence-electron chi connectivity index (χ1n) is 7.04. The summed E-state index contributed by atoms with van der Waals surface area (Å²) in [7, 11) is 0. The molecule has 4 nitrogen and oxygen atoms in total. The first-order chi connectivity index (χ1) is 9.31. The van der Waals surface area contributed by atoms with Crippen LogP contribution in [0.3, 0.4) is 0 Å². The van der Waals surface area contributed by atoms with Gasteiger partial charge in [-0.2, -0.15) is 0 Å². The summed E-state index contributed by atoms with van der Waals surface area (Å²) in [4.78, 5) is 13.8. The van der Waals surface area contributed by atoms with E-state index in [2.05, 4.69) is 23.2 Å².